The number of aromatic nitrogens is 1. The number of hydrogen-bond acceptors (Lipinski definition) is 2. The summed E-state index contributed by atoms with van der Waals surface area (Å²) in [5.41, 5.74) is 0.675. The average Bonchev–Trinajstić information content (AvgIpc) is 2.37. The van der Waals surface area contributed by atoms with Crippen molar-refractivity contribution in [1.29, 1.82) is 0 Å². The van der Waals surface area contributed by atoms with Gasteiger partial charge in [-0.2, -0.15) is 0 Å². The second-order valence-electron chi connectivity index (χ2n) is 4.49. The van der Waals surface area contributed by atoms with Crippen molar-refractivity contribution in [2.24, 2.45) is 0 Å². The summed E-state index contributed by atoms with van der Waals surface area (Å²) in [4.78, 5) is 4.29. The predicted octanol–water partition coefficient (Wildman–Crippen LogP) is 5.21. The normalized spacial score (nSPS) is 12.4. The van der Waals surface area contributed by atoms with Crippen LogP contribution in [-0.2, 0) is 5.88 Å². The molecule has 1 heterocycles. The summed E-state index contributed by atoms with van der Waals surface area (Å²) in [5, 5.41) is 0.591. The van der Waals surface area contributed by atoms with Gasteiger partial charge in [0, 0.05) is 6.07 Å². The van der Waals surface area contributed by atoms with Gasteiger partial charge in [0.15, 0.2) is 0 Å². The van der Waals surface area contributed by atoms with E-state index in [0.29, 0.717) is 22.5 Å². The Morgan fingerprint density at radius 3 is 2.72 bits per heavy atom. The van der Waals surface area contributed by atoms with E-state index in [9.17, 15) is 0 Å². The Kier molecular flexibility index (Phi) is 7.45. The van der Waals surface area contributed by atoms with E-state index in [2.05, 4.69) is 18.8 Å². The molecule has 4 heteroatoms. The largest absolute Gasteiger partial charge is 0.475 e. The maximum atomic E-state index is 5.95. The molecule has 0 saturated carbocycles. The second kappa shape index (κ2) is 8.60. The molecule has 0 aromatic carbocycles. The summed E-state index contributed by atoms with van der Waals surface area (Å²) >= 11 is 11.7. The van der Waals surface area contributed by atoms with Crippen LogP contribution in [0.25, 0.3) is 0 Å². The van der Waals surface area contributed by atoms with Gasteiger partial charge < -0.3 is 4.74 Å². The van der Waals surface area contributed by atoms with Crippen molar-refractivity contribution in [3.63, 3.8) is 0 Å². The minimum absolute atomic E-state index is 0.179. The smallest absolute Gasteiger partial charge is 0.213 e. The van der Waals surface area contributed by atoms with Crippen molar-refractivity contribution >= 4 is 23.2 Å². The average molecular weight is 290 g/mol. The fourth-order valence-electron chi connectivity index (χ4n) is 1.75. The van der Waals surface area contributed by atoms with E-state index in [1.54, 1.807) is 12.1 Å². The van der Waals surface area contributed by atoms with Gasteiger partial charge in [0.1, 0.15) is 0 Å². The lowest BCUT2D eigenvalue weighted by Crippen LogP contribution is -2.12. The molecule has 0 fully saturated rings. The molecular formula is C14H21Cl2NO. The third-order valence-electron chi connectivity index (χ3n) is 2.81. The zero-order valence-corrected chi connectivity index (χ0v) is 12.6. The number of rotatable bonds is 8. The summed E-state index contributed by atoms with van der Waals surface area (Å²) in [7, 11) is 0. The summed E-state index contributed by atoms with van der Waals surface area (Å²) in [5.74, 6) is 0.916. The van der Waals surface area contributed by atoms with Crippen LogP contribution >= 0.6 is 23.2 Å². The SMILES string of the molecule is CCCCCCC(C)Oc1ccc(Cl)c(CCl)n1. The van der Waals surface area contributed by atoms with Crippen LogP contribution in [0.5, 0.6) is 5.88 Å². The van der Waals surface area contributed by atoms with Crippen LogP contribution in [0.4, 0.5) is 0 Å². The molecule has 18 heavy (non-hydrogen) atoms. The van der Waals surface area contributed by atoms with Crippen LogP contribution in [0.15, 0.2) is 12.1 Å². The molecule has 0 amide bonds. The van der Waals surface area contributed by atoms with Gasteiger partial charge in [0.05, 0.1) is 22.7 Å². The van der Waals surface area contributed by atoms with Crippen molar-refractivity contribution in [2.45, 2.75) is 57.9 Å². The molecule has 0 aliphatic rings. The number of alkyl halides is 1. The lowest BCUT2D eigenvalue weighted by atomic mass is 10.1. The van der Waals surface area contributed by atoms with E-state index in [1.165, 1.54) is 25.7 Å². The van der Waals surface area contributed by atoms with E-state index >= 15 is 0 Å². The zero-order valence-electron chi connectivity index (χ0n) is 11.1. The number of ether oxygens (including phenoxy) is 1. The summed E-state index contributed by atoms with van der Waals surface area (Å²) < 4.78 is 5.76. The first kappa shape index (κ1) is 15.6. The summed E-state index contributed by atoms with van der Waals surface area (Å²) in [6.45, 7) is 4.29. The number of pyridine rings is 1. The van der Waals surface area contributed by atoms with E-state index < -0.39 is 0 Å². The van der Waals surface area contributed by atoms with Gasteiger partial charge in [-0.25, -0.2) is 4.98 Å². The molecular weight excluding hydrogens is 269 g/mol. The molecule has 0 bridgehead atoms. The molecule has 1 unspecified atom stereocenters. The van der Waals surface area contributed by atoms with E-state index in [-0.39, 0.29) is 6.10 Å². The maximum Gasteiger partial charge on any atom is 0.213 e. The molecule has 1 atom stereocenters. The van der Waals surface area contributed by atoms with Gasteiger partial charge in [-0.05, 0) is 25.8 Å². The fourth-order valence-corrected chi connectivity index (χ4v) is 2.19. The van der Waals surface area contributed by atoms with Crippen LogP contribution in [-0.4, -0.2) is 11.1 Å². The molecule has 0 aliphatic heterocycles. The van der Waals surface area contributed by atoms with Crippen molar-refractivity contribution in [3.05, 3.63) is 22.8 Å². The van der Waals surface area contributed by atoms with Crippen molar-refractivity contribution in [1.82, 2.24) is 4.98 Å². The van der Waals surface area contributed by atoms with Gasteiger partial charge in [-0.3, -0.25) is 0 Å². The quantitative estimate of drug-likeness (QED) is 0.484. The predicted molar refractivity (Wildman–Crippen MR) is 77.7 cm³/mol. The third kappa shape index (κ3) is 5.45. The first-order chi connectivity index (χ1) is 8.67. The highest BCUT2D eigenvalue weighted by atomic mass is 35.5. The molecule has 102 valence electrons. The minimum Gasteiger partial charge on any atom is -0.475 e. The van der Waals surface area contributed by atoms with E-state index in [0.717, 1.165) is 6.42 Å². The number of nitrogens with zero attached hydrogens (tertiary/aromatic N) is 1. The molecule has 0 spiro atoms. The number of hydrogen-bond donors (Lipinski definition) is 0. The Morgan fingerprint density at radius 2 is 2.06 bits per heavy atom. The Labute approximate surface area is 120 Å². The second-order valence-corrected chi connectivity index (χ2v) is 5.16. The van der Waals surface area contributed by atoms with E-state index in [1.807, 2.05) is 0 Å². The van der Waals surface area contributed by atoms with Crippen molar-refractivity contribution in [3.8, 4) is 5.88 Å². The highest BCUT2D eigenvalue weighted by Crippen LogP contribution is 2.21. The zero-order chi connectivity index (χ0) is 13.4. The first-order valence-corrected chi connectivity index (χ1v) is 7.46. The van der Waals surface area contributed by atoms with Gasteiger partial charge in [-0.15, -0.1) is 11.6 Å². The van der Waals surface area contributed by atoms with Crippen LogP contribution in [0.2, 0.25) is 5.02 Å². The monoisotopic (exact) mass is 289 g/mol. The Balaban J connectivity index is 2.41. The Morgan fingerprint density at radius 1 is 1.28 bits per heavy atom. The lowest BCUT2D eigenvalue weighted by molar-refractivity contribution is 0.198. The van der Waals surface area contributed by atoms with Gasteiger partial charge >= 0.3 is 0 Å². The van der Waals surface area contributed by atoms with E-state index in [4.69, 9.17) is 27.9 Å². The van der Waals surface area contributed by atoms with Crippen molar-refractivity contribution in [2.75, 3.05) is 0 Å². The Hall–Kier alpha value is -0.470. The fraction of sp³-hybridized carbons (Fsp3) is 0.643. The Bertz CT molecular complexity index is 358. The van der Waals surface area contributed by atoms with Gasteiger partial charge in [0.2, 0.25) is 5.88 Å². The number of unbranched alkanes of at least 4 members (excludes halogenated alkanes) is 3. The molecule has 1 aromatic heterocycles. The molecule has 0 saturated heterocycles. The molecule has 2 nitrogen and oxygen atoms in total. The van der Waals surface area contributed by atoms with Gasteiger partial charge in [-0.1, -0.05) is 37.8 Å². The molecule has 0 N–H and O–H groups in total. The highest BCUT2D eigenvalue weighted by molar-refractivity contribution is 6.32. The highest BCUT2D eigenvalue weighted by Gasteiger charge is 2.07. The topological polar surface area (TPSA) is 22.1 Å². The molecule has 0 radical (unpaired) electrons. The third-order valence-corrected chi connectivity index (χ3v) is 3.40. The van der Waals surface area contributed by atoms with Crippen LogP contribution in [0.1, 0.15) is 51.6 Å². The minimum atomic E-state index is 0.179. The molecule has 0 aliphatic carbocycles. The maximum absolute atomic E-state index is 5.95. The number of halogens is 2. The molecule has 1 aromatic rings. The summed E-state index contributed by atoms with van der Waals surface area (Å²) in [6.07, 6.45) is 6.25. The molecule has 1 rings (SSSR count). The van der Waals surface area contributed by atoms with Crippen LogP contribution < -0.4 is 4.74 Å². The first-order valence-electron chi connectivity index (χ1n) is 6.55. The van der Waals surface area contributed by atoms with Gasteiger partial charge in [0.25, 0.3) is 0 Å². The standard InChI is InChI=1S/C14H21Cl2NO/c1-3-4-5-6-7-11(2)18-14-9-8-12(16)13(10-15)17-14/h8-9,11H,3-7,10H2,1-2H3. The van der Waals surface area contributed by atoms with Crippen LogP contribution in [0, 0.1) is 0 Å². The summed E-state index contributed by atoms with van der Waals surface area (Å²) in [6, 6.07) is 3.58. The lowest BCUT2D eigenvalue weighted by Gasteiger charge is -2.14. The van der Waals surface area contributed by atoms with Crippen molar-refractivity contribution < 1.29 is 4.74 Å². The van der Waals surface area contributed by atoms with Crippen LogP contribution in [0.3, 0.4) is 0 Å².